The van der Waals surface area contributed by atoms with Crippen molar-refractivity contribution < 1.29 is 14.4 Å². The fourth-order valence-corrected chi connectivity index (χ4v) is 3.62. The number of imide groups is 1. The maximum absolute atomic E-state index is 12.9. The Kier molecular flexibility index (Phi) is 6.01. The molecule has 0 saturated carbocycles. The van der Waals surface area contributed by atoms with Crippen LogP contribution in [0.4, 0.5) is 10.5 Å². The largest absolute Gasteiger partial charge is 0.325 e. The molecule has 1 atom stereocenters. The minimum atomic E-state index is -1.01. The summed E-state index contributed by atoms with van der Waals surface area (Å²) in [7, 11) is 0. The fraction of sp³-hybridized carbons (Fsp3) is 0.348. The maximum Gasteiger partial charge on any atom is 0.325 e. The molecule has 2 aromatic carbocycles. The first-order chi connectivity index (χ1) is 13.8. The predicted molar refractivity (Wildman–Crippen MR) is 113 cm³/mol. The second-order valence-electron chi connectivity index (χ2n) is 7.65. The number of aryl methyl sites for hydroxylation is 3. The van der Waals surface area contributed by atoms with Gasteiger partial charge in [-0.15, -0.1) is 0 Å². The van der Waals surface area contributed by atoms with E-state index in [0.29, 0.717) is 12.8 Å². The van der Waals surface area contributed by atoms with E-state index < -0.39 is 11.6 Å². The van der Waals surface area contributed by atoms with Crippen molar-refractivity contribution in [3.63, 3.8) is 0 Å². The molecule has 0 unspecified atom stereocenters. The van der Waals surface area contributed by atoms with E-state index in [9.17, 15) is 14.4 Å². The summed E-state index contributed by atoms with van der Waals surface area (Å²) in [6, 6.07) is 15.1. The number of anilines is 1. The molecule has 4 amide bonds. The fourth-order valence-electron chi connectivity index (χ4n) is 3.62. The zero-order valence-electron chi connectivity index (χ0n) is 17.1. The molecule has 1 heterocycles. The highest BCUT2D eigenvalue weighted by atomic mass is 16.2. The topological polar surface area (TPSA) is 78.5 Å². The van der Waals surface area contributed by atoms with Gasteiger partial charge in [0, 0.05) is 5.69 Å². The van der Waals surface area contributed by atoms with Crippen LogP contribution in [0.15, 0.2) is 48.5 Å². The van der Waals surface area contributed by atoms with Crippen molar-refractivity contribution in [2.24, 2.45) is 0 Å². The molecular formula is C23H27N3O3. The standard InChI is InChI=1S/C23H27N3O3/c1-4-18-12-8-9-16(2)20(18)24-19(27)15-26-21(28)23(3,25-22(26)29)14-13-17-10-6-5-7-11-17/h5-12H,4,13-15H2,1-3H3,(H,24,27)(H,25,29)/t23-/m0/s1. The van der Waals surface area contributed by atoms with Crippen LogP contribution < -0.4 is 10.6 Å². The van der Waals surface area contributed by atoms with E-state index in [1.165, 1.54) is 0 Å². The number of nitrogens with zero attached hydrogens (tertiary/aromatic N) is 1. The number of benzene rings is 2. The average Bonchev–Trinajstić information content (AvgIpc) is 2.92. The van der Waals surface area contributed by atoms with Gasteiger partial charge in [-0.2, -0.15) is 0 Å². The minimum Gasteiger partial charge on any atom is -0.324 e. The van der Waals surface area contributed by atoms with Gasteiger partial charge in [0.25, 0.3) is 5.91 Å². The Morgan fingerprint density at radius 2 is 1.83 bits per heavy atom. The summed E-state index contributed by atoms with van der Waals surface area (Å²) in [6.45, 7) is 5.34. The van der Waals surface area contributed by atoms with Crippen molar-refractivity contribution in [3.8, 4) is 0 Å². The molecule has 0 spiro atoms. The number of carbonyl (C=O) groups excluding carboxylic acids is 3. The van der Waals surface area contributed by atoms with Gasteiger partial charge in [-0.05, 0) is 49.8 Å². The van der Waals surface area contributed by atoms with Gasteiger partial charge in [-0.3, -0.25) is 14.5 Å². The molecule has 3 rings (SSSR count). The molecule has 2 N–H and O–H groups in total. The van der Waals surface area contributed by atoms with E-state index in [2.05, 4.69) is 10.6 Å². The number of nitrogens with one attached hydrogen (secondary N) is 2. The van der Waals surface area contributed by atoms with Gasteiger partial charge in [0.05, 0.1) is 0 Å². The lowest BCUT2D eigenvalue weighted by Gasteiger charge is -2.21. The summed E-state index contributed by atoms with van der Waals surface area (Å²) in [4.78, 5) is 38.9. The molecule has 2 aromatic rings. The van der Waals surface area contributed by atoms with Crippen LogP contribution in [-0.4, -0.2) is 34.8 Å². The first-order valence-electron chi connectivity index (χ1n) is 9.90. The van der Waals surface area contributed by atoms with Crippen LogP contribution in [0.1, 0.15) is 37.0 Å². The molecule has 29 heavy (non-hydrogen) atoms. The number of urea groups is 1. The minimum absolute atomic E-state index is 0.302. The predicted octanol–water partition coefficient (Wildman–Crippen LogP) is 3.44. The van der Waals surface area contributed by atoms with Crippen molar-refractivity contribution in [2.75, 3.05) is 11.9 Å². The zero-order chi connectivity index (χ0) is 21.0. The summed E-state index contributed by atoms with van der Waals surface area (Å²) in [5, 5.41) is 5.63. The van der Waals surface area contributed by atoms with Crippen molar-refractivity contribution in [2.45, 2.75) is 45.6 Å². The number of carbonyl (C=O) groups is 3. The van der Waals surface area contributed by atoms with E-state index in [-0.39, 0.29) is 18.4 Å². The monoisotopic (exact) mass is 393 g/mol. The van der Waals surface area contributed by atoms with Crippen LogP contribution in [0.2, 0.25) is 0 Å². The van der Waals surface area contributed by atoms with Gasteiger partial charge in [0.1, 0.15) is 12.1 Å². The van der Waals surface area contributed by atoms with Gasteiger partial charge in [-0.1, -0.05) is 55.5 Å². The molecule has 1 saturated heterocycles. The number of rotatable bonds is 7. The molecule has 6 heteroatoms. The molecule has 0 bridgehead atoms. The van der Waals surface area contributed by atoms with Crippen LogP contribution in [0.5, 0.6) is 0 Å². The molecule has 6 nitrogen and oxygen atoms in total. The summed E-state index contributed by atoms with van der Waals surface area (Å²) in [5.74, 6) is -0.751. The van der Waals surface area contributed by atoms with Crippen molar-refractivity contribution in [3.05, 3.63) is 65.2 Å². The number of amides is 4. The van der Waals surface area contributed by atoms with E-state index in [4.69, 9.17) is 0 Å². The van der Waals surface area contributed by atoms with E-state index in [1.54, 1.807) is 6.92 Å². The lowest BCUT2D eigenvalue weighted by atomic mass is 9.93. The van der Waals surface area contributed by atoms with Crippen LogP contribution in [-0.2, 0) is 22.4 Å². The van der Waals surface area contributed by atoms with E-state index in [1.807, 2.05) is 62.4 Å². The Hall–Kier alpha value is -3.15. The Labute approximate surface area is 171 Å². The first kappa shape index (κ1) is 20.6. The van der Waals surface area contributed by atoms with Crippen LogP contribution >= 0.6 is 0 Å². The Bertz CT molecular complexity index is 926. The van der Waals surface area contributed by atoms with Gasteiger partial charge < -0.3 is 10.6 Å². The smallest absolute Gasteiger partial charge is 0.324 e. The van der Waals surface area contributed by atoms with Gasteiger partial charge >= 0.3 is 6.03 Å². The highest BCUT2D eigenvalue weighted by Crippen LogP contribution is 2.24. The SMILES string of the molecule is CCc1cccc(C)c1NC(=O)CN1C(=O)N[C@@](C)(CCc2ccccc2)C1=O. The van der Waals surface area contributed by atoms with Gasteiger partial charge in [-0.25, -0.2) is 4.79 Å². The third-order valence-corrected chi connectivity index (χ3v) is 5.41. The Morgan fingerprint density at radius 3 is 2.52 bits per heavy atom. The summed E-state index contributed by atoms with van der Waals surface area (Å²) >= 11 is 0. The molecular weight excluding hydrogens is 366 g/mol. The number of hydrogen-bond donors (Lipinski definition) is 2. The number of para-hydroxylation sites is 1. The highest BCUT2D eigenvalue weighted by molar-refractivity contribution is 6.10. The van der Waals surface area contributed by atoms with Gasteiger partial charge in [0.15, 0.2) is 0 Å². The second-order valence-corrected chi connectivity index (χ2v) is 7.65. The highest BCUT2D eigenvalue weighted by Gasteiger charge is 2.47. The molecule has 0 aliphatic carbocycles. The molecule has 1 aliphatic rings. The zero-order valence-corrected chi connectivity index (χ0v) is 17.1. The molecule has 0 radical (unpaired) electrons. The summed E-state index contributed by atoms with van der Waals surface area (Å²) < 4.78 is 0. The van der Waals surface area contributed by atoms with Gasteiger partial charge in [0.2, 0.25) is 5.91 Å². The average molecular weight is 393 g/mol. The molecule has 0 aromatic heterocycles. The first-order valence-corrected chi connectivity index (χ1v) is 9.90. The lowest BCUT2D eigenvalue weighted by molar-refractivity contribution is -0.133. The Balaban J connectivity index is 1.66. The van der Waals surface area contributed by atoms with Crippen LogP contribution in [0.3, 0.4) is 0 Å². The molecule has 1 aliphatic heterocycles. The van der Waals surface area contributed by atoms with Crippen molar-refractivity contribution >= 4 is 23.5 Å². The van der Waals surface area contributed by atoms with Crippen LogP contribution in [0.25, 0.3) is 0 Å². The number of hydrogen-bond acceptors (Lipinski definition) is 3. The Morgan fingerprint density at radius 1 is 1.10 bits per heavy atom. The lowest BCUT2D eigenvalue weighted by Crippen LogP contribution is -2.45. The third kappa shape index (κ3) is 4.47. The normalized spacial score (nSPS) is 18.7. The second kappa shape index (κ2) is 8.47. The quantitative estimate of drug-likeness (QED) is 0.708. The molecule has 152 valence electrons. The maximum atomic E-state index is 12.9. The summed E-state index contributed by atoms with van der Waals surface area (Å²) in [5.41, 5.74) is 2.80. The summed E-state index contributed by atoms with van der Waals surface area (Å²) in [6.07, 6.45) is 1.90. The van der Waals surface area contributed by atoms with E-state index in [0.717, 1.165) is 33.7 Å². The third-order valence-electron chi connectivity index (χ3n) is 5.41. The van der Waals surface area contributed by atoms with Crippen molar-refractivity contribution in [1.29, 1.82) is 0 Å². The molecule has 1 fully saturated rings. The van der Waals surface area contributed by atoms with Crippen molar-refractivity contribution in [1.82, 2.24) is 10.2 Å². The van der Waals surface area contributed by atoms with Crippen LogP contribution in [0, 0.1) is 6.92 Å². The van der Waals surface area contributed by atoms with E-state index >= 15 is 0 Å².